The van der Waals surface area contributed by atoms with E-state index in [0.717, 1.165) is 21.9 Å². The van der Waals surface area contributed by atoms with Gasteiger partial charge >= 0.3 is 0 Å². The number of anilines is 2. The van der Waals surface area contributed by atoms with E-state index in [1.165, 1.54) is 0 Å². The first-order chi connectivity index (χ1) is 16.0. The van der Waals surface area contributed by atoms with E-state index in [4.69, 9.17) is 5.48 Å². The molecule has 0 unspecified atom stereocenters. The van der Waals surface area contributed by atoms with Gasteiger partial charge in [-0.3, -0.25) is 0 Å². The van der Waals surface area contributed by atoms with Crippen LogP contribution in [0.4, 0.5) is 11.4 Å². The quantitative estimate of drug-likeness (QED) is 0.336. The molecule has 5 rings (SSSR count). The van der Waals surface area contributed by atoms with Crippen LogP contribution in [0.25, 0.3) is 33.0 Å². The normalized spacial score (nSPS) is 12.7. The average molecular weight is 376 g/mol. The van der Waals surface area contributed by atoms with Crippen LogP contribution in [0.2, 0.25) is 0 Å². The summed E-state index contributed by atoms with van der Waals surface area (Å²) in [6.45, 7) is 0. The van der Waals surface area contributed by atoms with Crippen LogP contribution in [-0.4, -0.2) is 0 Å². The molecule has 5 aromatic carbocycles. The highest BCUT2D eigenvalue weighted by Gasteiger charge is 2.04. The van der Waals surface area contributed by atoms with Crippen LogP contribution in [0.1, 0.15) is 5.48 Å². The highest BCUT2D eigenvalue weighted by atomic mass is 14.9. The van der Waals surface area contributed by atoms with Crippen molar-refractivity contribution >= 4 is 22.1 Å². The molecule has 1 heteroatoms. The van der Waals surface area contributed by atoms with E-state index < -0.39 is 0 Å². The summed E-state index contributed by atoms with van der Waals surface area (Å²) in [4.78, 5) is 0. The van der Waals surface area contributed by atoms with E-state index >= 15 is 0 Å². The Balaban J connectivity index is 1.55. The van der Waals surface area contributed by atoms with Crippen LogP contribution in [0.5, 0.6) is 0 Å². The van der Waals surface area contributed by atoms with Gasteiger partial charge in [-0.25, -0.2) is 0 Å². The van der Waals surface area contributed by atoms with Gasteiger partial charge in [0, 0.05) is 11.4 Å². The van der Waals surface area contributed by atoms with Crippen LogP contribution in [0, 0.1) is 0 Å². The van der Waals surface area contributed by atoms with Crippen molar-refractivity contribution in [3.05, 3.63) is 121 Å². The molecule has 0 atom stereocenters. The predicted molar refractivity (Wildman–Crippen MR) is 125 cm³/mol. The molecule has 138 valence electrons. The van der Waals surface area contributed by atoms with Crippen molar-refractivity contribution in [2.75, 3.05) is 5.32 Å². The Hall–Kier alpha value is -3.84. The Kier molecular flexibility index (Phi) is 3.52. The predicted octanol–water partition coefficient (Wildman–Crippen LogP) is 7.92. The van der Waals surface area contributed by atoms with Crippen LogP contribution in [-0.2, 0) is 0 Å². The molecule has 0 fully saturated rings. The Morgan fingerprint density at radius 3 is 1.93 bits per heavy atom. The molecule has 0 saturated carbocycles. The number of rotatable bonds is 4. The van der Waals surface area contributed by atoms with Crippen molar-refractivity contribution in [1.29, 1.82) is 0 Å². The lowest BCUT2D eigenvalue weighted by Gasteiger charge is -2.10. The zero-order chi connectivity index (χ0) is 22.9. The molecule has 5 aromatic rings. The highest BCUT2D eigenvalue weighted by molar-refractivity contribution is 5.96. The minimum absolute atomic E-state index is 0.0595. The minimum atomic E-state index is -0.0916. The van der Waals surface area contributed by atoms with E-state index in [1.54, 1.807) is 0 Å². The van der Waals surface area contributed by atoms with E-state index in [-0.39, 0.29) is 29.9 Å². The van der Waals surface area contributed by atoms with Gasteiger partial charge in [0.05, 0.1) is 5.48 Å². The molecule has 0 aliphatic carbocycles. The maximum atomic E-state index is 8.67. The first kappa shape index (κ1) is 13.4. The molecule has 0 spiro atoms. The fourth-order valence-electron chi connectivity index (χ4n) is 3.47. The number of fused-ring (bicyclic) bond motifs is 1. The van der Waals surface area contributed by atoms with Crippen molar-refractivity contribution in [2.24, 2.45) is 0 Å². The summed E-state index contributed by atoms with van der Waals surface area (Å²) in [5.74, 6) is 0. The molecule has 29 heavy (non-hydrogen) atoms. The van der Waals surface area contributed by atoms with E-state index in [9.17, 15) is 0 Å². The second-order valence-corrected chi connectivity index (χ2v) is 6.85. The minimum Gasteiger partial charge on any atom is -0.356 e. The lowest BCUT2D eigenvalue weighted by atomic mass is 9.98. The molecule has 0 saturated heterocycles. The summed E-state index contributed by atoms with van der Waals surface area (Å²) in [7, 11) is 0. The average Bonchev–Trinajstić information content (AvgIpc) is 2.86. The molecule has 0 amide bonds. The topological polar surface area (TPSA) is 12.0 Å². The summed E-state index contributed by atoms with van der Waals surface area (Å²) in [6, 6.07) is 30.9. The maximum Gasteiger partial charge on any atom is 0.0645 e. The van der Waals surface area contributed by atoms with Crippen LogP contribution in [0.3, 0.4) is 0 Å². The second-order valence-electron chi connectivity index (χ2n) is 6.85. The Bertz CT molecular complexity index is 1430. The van der Waals surface area contributed by atoms with Gasteiger partial charge < -0.3 is 5.32 Å². The van der Waals surface area contributed by atoms with Gasteiger partial charge in [0.1, 0.15) is 0 Å². The van der Waals surface area contributed by atoms with Crippen molar-refractivity contribution in [3.8, 4) is 22.3 Å². The van der Waals surface area contributed by atoms with Gasteiger partial charge in [-0.2, -0.15) is 0 Å². The lowest BCUT2D eigenvalue weighted by molar-refractivity contribution is 1.54. The third kappa shape index (κ3) is 3.63. The highest BCUT2D eigenvalue weighted by Crippen LogP contribution is 2.30. The van der Waals surface area contributed by atoms with Crippen LogP contribution >= 0.6 is 0 Å². The molecule has 0 aromatic heterocycles. The van der Waals surface area contributed by atoms with Crippen molar-refractivity contribution < 1.29 is 5.48 Å². The van der Waals surface area contributed by atoms with Gasteiger partial charge in [-0.05, 0) is 57.2 Å². The number of hydrogen-bond donors (Lipinski definition) is 1. The first-order valence-corrected chi connectivity index (χ1v) is 9.55. The SMILES string of the molecule is [2H]c1c([2H])c(-c2cccc3ccccc23)c([2H])c([2H])c1Nc1ccc(-c2ccccc2)cc1. The molecular weight excluding hydrogens is 350 g/mol. The monoisotopic (exact) mass is 375 g/mol. The lowest BCUT2D eigenvalue weighted by Crippen LogP contribution is -1.90. The Morgan fingerprint density at radius 2 is 1.14 bits per heavy atom. The van der Waals surface area contributed by atoms with Gasteiger partial charge in [0.15, 0.2) is 0 Å². The third-order valence-corrected chi connectivity index (χ3v) is 4.95. The number of benzene rings is 5. The van der Waals surface area contributed by atoms with Gasteiger partial charge in [-0.1, -0.05) is 97.0 Å². The maximum absolute atomic E-state index is 8.67. The summed E-state index contributed by atoms with van der Waals surface area (Å²) < 4.78 is 34.5. The van der Waals surface area contributed by atoms with Crippen molar-refractivity contribution in [2.45, 2.75) is 0 Å². The molecular formula is C28H21N. The number of nitrogens with one attached hydrogen (secondary N) is 1. The Labute approximate surface area is 176 Å². The van der Waals surface area contributed by atoms with Gasteiger partial charge in [-0.15, -0.1) is 0 Å². The third-order valence-electron chi connectivity index (χ3n) is 4.95. The molecule has 0 radical (unpaired) electrons. The second kappa shape index (κ2) is 7.65. The summed E-state index contributed by atoms with van der Waals surface area (Å²) in [5.41, 5.74) is 4.05. The molecule has 0 heterocycles. The molecule has 0 aliphatic heterocycles. The van der Waals surface area contributed by atoms with Crippen LogP contribution < -0.4 is 5.32 Å². The van der Waals surface area contributed by atoms with E-state index in [1.807, 2.05) is 97.1 Å². The van der Waals surface area contributed by atoms with E-state index in [0.29, 0.717) is 16.8 Å². The fraction of sp³-hybridized carbons (Fsp3) is 0. The Morgan fingerprint density at radius 1 is 0.483 bits per heavy atom. The standard InChI is InChI=1S/C28H21N/c1-2-7-21(8-3-1)22-13-17-25(18-14-22)29-26-19-15-24(16-20-26)28-12-6-10-23-9-4-5-11-27(23)28/h1-20,29H/i15D,16D,19D,20D. The molecule has 0 bridgehead atoms. The summed E-state index contributed by atoms with van der Waals surface area (Å²) >= 11 is 0. The zero-order valence-corrected chi connectivity index (χ0v) is 15.7. The molecule has 1 nitrogen and oxygen atoms in total. The fourth-order valence-corrected chi connectivity index (χ4v) is 3.47. The van der Waals surface area contributed by atoms with Gasteiger partial charge in [0.25, 0.3) is 0 Å². The van der Waals surface area contributed by atoms with E-state index in [2.05, 4.69) is 5.32 Å². The van der Waals surface area contributed by atoms with Gasteiger partial charge in [0.2, 0.25) is 0 Å². The summed E-state index contributed by atoms with van der Waals surface area (Å²) in [6.07, 6.45) is 0. The zero-order valence-electron chi connectivity index (χ0n) is 19.7. The summed E-state index contributed by atoms with van der Waals surface area (Å²) in [5, 5.41) is 5.00. The number of hydrogen-bond acceptors (Lipinski definition) is 1. The van der Waals surface area contributed by atoms with Crippen LogP contribution in [0.15, 0.2) is 121 Å². The first-order valence-electron chi connectivity index (χ1n) is 11.6. The van der Waals surface area contributed by atoms with Crippen molar-refractivity contribution in [1.82, 2.24) is 0 Å². The molecule has 1 N–H and O–H groups in total. The molecule has 0 aliphatic rings. The van der Waals surface area contributed by atoms with Crippen molar-refractivity contribution in [3.63, 3.8) is 0 Å². The smallest absolute Gasteiger partial charge is 0.0645 e. The largest absolute Gasteiger partial charge is 0.356 e.